The van der Waals surface area contributed by atoms with E-state index in [2.05, 4.69) is 31.9 Å². The Morgan fingerprint density at radius 3 is 2.50 bits per heavy atom. The quantitative estimate of drug-likeness (QED) is 0.521. The summed E-state index contributed by atoms with van der Waals surface area (Å²) in [6.45, 7) is 4.82. The molecule has 0 radical (unpaired) electrons. The molecule has 0 saturated heterocycles. The number of para-hydroxylation sites is 1. The maximum atomic E-state index is 5.67. The number of hydrogen-bond acceptors (Lipinski definition) is 1. The molecule has 0 heterocycles. The molecule has 1 heteroatoms. The Labute approximate surface area is 86.1 Å². The second kappa shape index (κ2) is 5.34. The van der Waals surface area contributed by atoms with E-state index in [4.69, 9.17) is 11.2 Å². The number of benzene rings is 1. The summed E-state index contributed by atoms with van der Waals surface area (Å²) in [6.07, 6.45) is 6.87. The van der Waals surface area contributed by atoms with Crippen LogP contribution in [0.25, 0.3) is 0 Å². The standard InChI is InChI=1S/C13H16O/c1-4-5-6-10-14-13-11(2)8-7-9-12(13)3/h1,7-9H,5-6,10H2,2-3H3. The number of ether oxygens (including phenoxy) is 1. The zero-order chi connectivity index (χ0) is 10.4. The molecule has 0 saturated carbocycles. The van der Waals surface area contributed by atoms with Gasteiger partial charge in [0.1, 0.15) is 5.75 Å². The van der Waals surface area contributed by atoms with Gasteiger partial charge in [0.15, 0.2) is 0 Å². The molecule has 0 unspecified atom stereocenters. The van der Waals surface area contributed by atoms with Crippen LogP contribution in [0.3, 0.4) is 0 Å². The van der Waals surface area contributed by atoms with Crippen LogP contribution in [0.2, 0.25) is 0 Å². The monoisotopic (exact) mass is 188 g/mol. The van der Waals surface area contributed by atoms with Crippen LogP contribution in [-0.2, 0) is 0 Å². The van der Waals surface area contributed by atoms with E-state index >= 15 is 0 Å². The summed E-state index contributed by atoms with van der Waals surface area (Å²) in [5, 5.41) is 0. The molecule has 0 N–H and O–H groups in total. The van der Waals surface area contributed by atoms with E-state index in [1.807, 2.05) is 6.07 Å². The summed E-state index contributed by atoms with van der Waals surface area (Å²) < 4.78 is 5.67. The average molecular weight is 188 g/mol. The van der Waals surface area contributed by atoms with Gasteiger partial charge in [0, 0.05) is 6.42 Å². The molecule has 74 valence electrons. The molecule has 0 bridgehead atoms. The molecule has 1 aromatic carbocycles. The minimum atomic E-state index is 0.704. The maximum absolute atomic E-state index is 5.67. The second-order valence-electron chi connectivity index (χ2n) is 3.38. The zero-order valence-electron chi connectivity index (χ0n) is 8.84. The third kappa shape index (κ3) is 2.81. The minimum Gasteiger partial charge on any atom is -0.493 e. The minimum absolute atomic E-state index is 0.704. The third-order valence-corrected chi connectivity index (χ3v) is 2.12. The van der Waals surface area contributed by atoms with Crippen LogP contribution in [0.1, 0.15) is 24.0 Å². The zero-order valence-corrected chi connectivity index (χ0v) is 8.84. The molecule has 0 aliphatic heterocycles. The fraction of sp³-hybridized carbons (Fsp3) is 0.385. The fourth-order valence-electron chi connectivity index (χ4n) is 1.38. The molecule has 0 fully saturated rings. The van der Waals surface area contributed by atoms with Gasteiger partial charge < -0.3 is 4.74 Å². The fourth-order valence-corrected chi connectivity index (χ4v) is 1.38. The molecule has 0 aliphatic rings. The van der Waals surface area contributed by atoms with Gasteiger partial charge in [-0.15, -0.1) is 12.3 Å². The lowest BCUT2D eigenvalue weighted by atomic mass is 10.1. The summed E-state index contributed by atoms with van der Waals surface area (Å²) >= 11 is 0. The van der Waals surface area contributed by atoms with Gasteiger partial charge in [0.25, 0.3) is 0 Å². The third-order valence-electron chi connectivity index (χ3n) is 2.12. The van der Waals surface area contributed by atoms with Crippen molar-refractivity contribution in [2.45, 2.75) is 26.7 Å². The number of unbranched alkanes of at least 4 members (excludes halogenated alkanes) is 1. The molecular formula is C13H16O. The van der Waals surface area contributed by atoms with Gasteiger partial charge in [-0.05, 0) is 31.4 Å². The van der Waals surface area contributed by atoms with Crippen molar-refractivity contribution in [3.05, 3.63) is 29.3 Å². The van der Waals surface area contributed by atoms with Crippen molar-refractivity contribution in [3.8, 4) is 18.1 Å². The van der Waals surface area contributed by atoms with Gasteiger partial charge in [-0.1, -0.05) is 18.2 Å². The average Bonchev–Trinajstić information content (AvgIpc) is 2.16. The van der Waals surface area contributed by atoms with Crippen LogP contribution in [0.15, 0.2) is 18.2 Å². The molecule has 1 rings (SSSR count). The van der Waals surface area contributed by atoms with Crippen molar-refractivity contribution in [3.63, 3.8) is 0 Å². The highest BCUT2D eigenvalue weighted by atomic mass is 16.5. The maximum Gasteiger partial charge on any atom is 0.125 e. The van der Waals surface area contributed by atoms with E-state index in [1.54, 1.807) is 0 Å². The lowest BCUT2D eigenvalue weighted by Crippen LogP contribution is -1.99. The van der Waals surface area contributed by atoms with Gasteiger partial charge in [0.2, 0.25) is 0 Å². The first-order valence-corrected chi connectivity index (χ1v) is 4.88. The predicted molar refractivity (Wildman–Crippen MR) is 59.5 cm³/mol. The molecule has 0 amide bonds. The van der Waals surface area contributed by atoms with Gasteiger partial charge in [-0.3, -0.25) is 0 Å². The largest absolute Gasteiger partial charge is 0.493 e. The van der Waals surface area contributed by atoms with Crippen molar-refractivity contribution in [2.75, 3.05) is 6.61 Å². The van der Waals surface area contributed by atoms with E-state index in [9.17, 15) is 0 Å². The molecule has 0 aliphatic carbocycles. The van der Waals surface area contributed by atoms with E-state index in [0.29, 0.717) is 6.61 Å². The van der Waals surface area contributed by atoms with E-state index in [1.165, 1.54) is 11.1 Å². The smallest absolute Gasteiger partial charge is 0.125 e. The Balaban J connectivity index is 2.54. The lowest BCUT2D eigenvalue weighted by Gasteiger charge is -2.10. The summed E-state index contributed by atoms with van der Waals surface area (Å²) in [6, 6.07) is 6.16. The highest BCUT2D eigenvalue weighted by Crippen LogP contribution is 2.22. The second-order valence-corrected chi connectivity index (χ2v) is 3.38. The number of aryl methyl sites for hydroxylation is 2. The predicted octanol–water partition coefficient (Wildman–Crippen LogP) is 3.10. The van der Waals surface area contributed by atoms with Gasteiger partial charge in [0.05, 0.1) is 6.61 Å². The van der Waals surface area contributed by atoms with Crippen LogP contribution in [0.5, 0.6) is 5.75 Å². The van der Waals surface area contributed by atoms with Crippen molar-refractivity contribution in [1.29, 1.82) is 0 Å². The van der Waals surface area contributed by atoms with Crippen LogP contribution < -0.4 is 4.74 Å². The SMILES string of the molecule is C#CCCCOc1c(C)cccc1C. The van der Waals surface area contributed by atoms with Crippen LogP contribution in [0, 0.1) is 26.2 Å². The molecular weight excluding hydrogens is 172 g/mol. The highest BCUT2D eigenvalue weighted by Gasteiger charge is 2.01. The highest BCUT2D eigenvalue weighted by molar-refractivity contribution is 5.39. The van der Waals surface area contributed by atoms with Crippen molar-refractivity contribution in [2.24, 2.45) is 0 Å². The van der Waals surface area contributed by atoms with Gasteiger partial charge >= 0.3 is 0 Å². The van der Waals surface area contributed by atoms with Gasteiger partial charge in [-0.2, -0.15) is 0 Å². The van der Waals surface area contributed by atoms with E-state index in [0.717, 1.165) is 18.6 Å². The lowest BCUT2D eigenvalue weighted by molar-refractivity contribution is 0.309. The van der Waals surface area contributed by atoms with Gasteiger partial charge in [-0.25, -0.2) is 0 Å². The van der Waals surface area contributed by atoms with E-state index in [-0.39, 0.29) is 0 Å². The normalized spacial score (nSPS) is 9.50. The molecule has 0 aromatic heterocycles. The van der Waals surface area contributed by atoms with Crippen LogP contribution in [-0.4, -0.2) is 6.61 Å². The number of hydrogen-bond donors (Lipinski definition) is 0. The van der Waals surface area contributed by atoms with Crippen molar-refractivity contribution >= 4 is 0 Å². The van der Waals surface area contributed by atoms with Crippen molar-refractivity contribution < 1.29 is 4.74 Å². The van der Waals surface area contributed by atoms with Crippen LogP contribution >= 0.6 is 0 Å². The Morgan fingerprint density at radius 1 is 1.29 bits per heavy atom. The Kier molecular flexibility index (Phi) is 4.07. The topological polar surface area (TPSA) is 9.23 Å². The Morgan fingerprint density at radius 2 is 1.93 bits per heavy atom. The molecule has 0 spiro atoms. The molecule has 1 aromatic rings. The van der Waals surface area contributed by atoms with Crippen LogP contribution in [0.4, 0.5) is 0 Å². The summed E-state index contributed by atoms with van der Waals surface area (Å²) in [5.41, 5.74) is 2.37. The summed E-state index contributed by atoms with van der Waals surface area (Å²) in [7, 11) is 0. The Hall–Kier alpha value is -1.42. The first kappa shape index (κ1) is 10.7. The van der Waals surface area contributed by atoms with Crippen molar-refractivity contribution in [1.82, 2.24) is 0 Å². The molecule has 14 heavy (non-hydrogen) atoms. The Bertz CT molecular complexity index is 313. The number of rotatable bonds is 4. The molecule has 1 nitrogen and oxygen atoms in total. The summed E-state index contributed by atoms with van der Waals surface area (Å²) in [5.74, 6) is 3.61. The first-order chi connectivity index (χ1) is 6.75. The molecule has 0 atom stereocenters. The summed E-state index contributed by atoms with van der Waals surface area (Å²) in [4.78, 5) is 0. The number of terminal acetylenes is 1. The van der Waals surface area contributed by atoms with E-state index < -0.39 is 0 Å². The first-order valence-electron chi connectivity index (χ1n) is 4.88.